The maximum Gasteiger partial charge on any atom is 0.336 e. The average molecular weight is 448 g/mol. The summed E-state index contributed by atoms with van der Waals surface area (Å²) in [6.07, 6.45) is 0.844. The van der Waals surface area contributed by atoms with E-state index in [9.17, 15) is 19.7 Å². The van der Waals surface area contributed by atoms with E-state index in [-0.39, 0.29) is 29.4 Å². The molecule has 0 spiro atoms. The fraction of sp³-hybridized carbons (Fsp3) is 0.280. The minimum atomic E-state index is -0.738. The molecule has 0 unspecified atom stereocenters. The van der Waals surface area contributed by atoms with Gasteiger partial charge in [0, 0.05) is 41.4 Å². The first-order valence-electron chi connectivity index (χ1n) is 10.5. The Labute approximate surface area is 191 Å². The first-order valence-corrected chi connectivity index (χ1v) is 10.5. The summed E-state index contributed by atoms with van der Waals surface area (Å²) in [4.78, 5) is 37.1. The molecule has 8 heteroatoms. The summed E-state index contributed by atoms with van der Waals surface area (Å²) in [7, 11) is 2.88. The summed E-state index contributed by atoms with van der Waals surface area (Å²) in [5, 5.41) is 14.6. The Morgan fingerprint density at radius 3 is 2.45 bits per heavy atom. The maximum absolute atomic E-state index is 13.5. The van der Waals surface area contributed by atoms with Crippen LogP contribution in [-0.2, 0) is 14.3 Å². The number of esters is 1. The van der Waals surface area contributed by atoms with Gasteiger partial charge in [0.25, 0.3) is 5.69 Å². The van der Waals surface area contributed by atoms with Crippen molar-refractivity contribution >= 4 is 17.4 Å². The third kappa shape index (κ3) is 4.11. The Morgan fingerprint density at radius 2 is 1.82 bits per heavy atom. The van der Waals surface area contributed by atoms with Crippen LogP contribution in [0.25, 0.3) is 0 Å². The highest BCUT2D eigenvalue weighted by molar-refractivity contribution is 6.04. The van der Waals surface area contributed by atoms with Gasteiger partial charge in [-0.2, -0.15) is 0 Å². The molecule has 0 bridgehead atoms. The van der Waals surface area contributed by atoms with Crippen LogP contribution >= 0.6 is 0 Å². The molecule has 1 N–H and O–H groups in total. The molecule has 2 atom stereocenters. The Hall–Kier alpha value is -3.94. The fourth-order valence-electron chi connectivity index (χ4n) is 4.68. The number of carbonyl (C=O) groups excluding carboxylic acids is 2. The Balaban J connectivity index is 1.80. The number of methoxy groups -OCH3 is 2. The number of ketones is 1. The van der Waals surface area contributed by atoms with E-state index in [4.69, 9.17) is 9.47 Å². The van der Waals surface area contributed by atoms with Gasteiger partial charge in [-0.3, -0.25) is 14.9 Å². The number of allylic oxidation sites excluding steroid dienone is 3. The second kappa shape index (κ2) is 8.90. The SMILES string of the molecule is COC(=O)C1=C(C)NC2=C(C(=O)C[C@H](c3ccc(OC)cc3)C2)[C@H]1c1cccc([N+](=O)[O-])c1. The van der Waals surface area contributed by atoms with Crippen molar-refractivity contribution in [3.05, 3.63) is 92.3 Å². The quantitative estimate of drug-likeness (QED) is 0.416. The molecule has 1 aliphatic heterocycles. The molecule has 8 nitrogen and oxygen atoms in total. The van der Waals surface area contributed by atoms with Crippen LogP contribution in [0.5, 0.6) is 5.75 Å². The molecule has 2 aliphatic rings. The van der Waals surface area contributed by atoms with Crippen molar-refractivity contribution < 1.29 is 24.0 Å². The summed E-state index contributed by atoms with van der Waals surface area (Å²) < 4.78 is 10.2. The predicted octanol–water partition coefficient (Wildman–Crippen LogP) is 4.14. The van der Waals surface area contributed by atoms with Gasteiger partial charge >= 0.3 is 5.97 Å². The molecule has 0 saturated heterocycles. The van der Waals surface area contributed by atoms with Crippen LogP contribution in [0.15, 0.2) is 71.1 Å². The van der Waals surface area contributed by atoms with Gasteiger partial charge in [-0.15, -0.1) is 0 Å². The number of benzene rings is 2. The van der Waals surface area contributed by atoms with E-state index >= 15 is 0 Å². The Bertz CT molecular complexity index is 1200. The zero-order valence-corrected chi connectivity index (χ0v) is 18.6. The van der Waals surface area contributed by atoms with Crippen molar-refractivity contribution in [3.8, 4) is 5.75 Å². The lowest BCUT2D eigenvalue weighted by molar-refractivity contribution is -0.384. The molecular formula is C25H24N2O6. The van der Waals surface area contributed by atoms with Gasteiger partial charge in [0.15, 0.2) is 5.78 Å². The molecule has 0 amide bonds. The third-order valence-corrected chi connectivity index (χ3v) is 6.23. The van der Waals surface area contributed by atoms with Gasteiger partial charge in [0.2, 0.25) is 0 Å². The monoisotopic (exact) mass is 448 g/mol. The first-order chi connectivity index (χ1) is 15.8. The molecule has 4 rings (SSSR count). The Kier molecular flexibility index (Phi) is 6.00. The Morgan fingerprint density at radius 1 is 1.09 bits per heavy atom. The van der Waals surface area contributed by atoms with Crippen molar-refractivity contribution in [1.82, 2.24) is 5.32 Å². The van der Waals surface area contributed by atoms with E-state index in [0.29, 0.717) is 23.3 Å². The first kappa shape index (κ1) is 22.3. The molecular weight excluding hydrogens is 424 g/mol. The molecule has 1 aliphatic carbocycles. The largest absolute Gasteiger partial charge is 0.497 e. The number of hydrogen-bond acceptors (Lipinski definition) is 7. The minimum absolute atomic E-state index is 0.0344. The van der Waals surface area contributed by atoms with E-state index in [1.165, 1.54) is 19.2 Å². The molecule has 2 aromatic rings. The van der Waals surface area contributed by atoms with Gasteiger partial charge in [-0.1, -0.05) is 24.3 Å². The van der Waals surface area contributed by atoms with Gasteiger partial charge in [0.05, 0.1) is 24.7 Å². The smallest absolute Gasteiger partial charge is 0.336 e. The van der Waals surface area contributed by atoms with Crippen LogP contribution in [0.1, 0.15) is 42.7 Å². The molecule has 0 fully saturated rings. The summed E-state index contributed by atoms with van der Waals surface area (Å²) in [6, 6.07) is 13.7. The number of non-ortho nitro benzene ring substituents is 1. The van der Waals surface area contributed by atoms with Crippen LogP contribution in [0.3, 0.4) is 0 Å². The number of hydrogen-bond donors (Lipinski definition) is 1. The summed E-state index contributed by atoms with van der Waals surface area (Å²) >= 11 is 0. The number of Topliss-reactive ketones (excluding diaryl/α,β-unsaturated/α-hetero) is 1. The fourth-order valence-corrected chi connectivity index (χ4v) is 4.68. The zero-order valence-electron chi connectivity index (χ0n) is 18.6. The van der Waals surface area contributed by atoms with Crippen LogP contribution in [0, 0.1) is 10.1 Å². The molecule has 0 saturated carbocycles. The molecule has 1 heterocycles. The number of nitro benzene ring substituents is 1. The average Bonchev–Trinajstić information content (AvgIpc) is 2.82. The standard InChI is InChI=1S/C25H24N2O6/c1-14-22(25(29)33-3)23(16-5-4-6-18(11-16)27(30)31)24-20(26-14)12-17(13-21(24)28)15-7-9-19(32-2)10-8-15/h4-11,17,23,26H,12-13H2,1-3H3/t17-,23+/m1/s1. The van der Waals surface area contributed by atoms with Crippen LogP contribution in [0.4, 0.5) is 5.69 Å². The van der Waals surface area contributed by atoms with E-state index in [0.717, 1.165) is 17.0 Å². The van der Waals surface area contributed by atoms with Gasteiger partial charge in [-0.05, 0) is 42.5 Å². The van der Waals surface area contributed by atoms with Gasteiger partial charge in [-0.25, -0.2) is 4.79 Å². The number of carbonyl (C=O) groups is 2. The van der Waals surface area contributed by atoms with Crippen LogP contribution in [0.2, 0.25) is 0 Å². The van der Waals surface area contributed by atoms with Gasteiger partial charge < -0.3 is 14.8 Å². The van der Waals surface area contributed by atoms with Crippen molar-refractivity contribution in [2.45, 2.75) is 31.6 Å². The highest BCUT2D eigenvalue weighted by Crippen LogP contribution is 2.46. The van der Waals surface area contributed by atoms with Crippen molar-refractivity contribution in [2.24, 2.45) is 0 Å². The van der Waals surface area contributed by atoms with E-state index in [2.05, 4.69) is 5.32 Å². The third-order valence-electron chi connectivity index (χ3n) is 6.23. The lowest BCUT2D eigenvalue weighted by Crippen LogP contribution is -2.36. The lowest BCUT2D eigenvalue weighted by Gasteiger charge is -2.36. The molecule has 33 heavy (non-hydrogen) atoms. The number of nitro groups is 1. The van der Waals surface area contributed by atoms with Crippen molar-refractivity contribution in [3.63, 3.8) is 0 Å². The topological polar surface area (TPSA) is 108 Å². The highest BCUT2D eigenvalue weighted by atomic mass is 16.6. The van der Waals surface area contributed by atoms with E-state index in [1.54, 1.807) is 26.2 Å². The second-order valence-corrected chi connectivity index (χ2v) is 8.13. The predicted molar refractivity (Wildman–Crippen MR) is 121 cm³/mol. The molecule has 2 aromatic carbocycles. The number of nitrogens with one attached hydrogen (secondary N) is 1. The normalized spacial score (nSPS) is 20.2. The van der Waals surface area contributed by atoms with Crippen molar-refractivity contribution in [1.29, 1.82) is 0 Å². The maximum atomic E-state index is 13.5. The number of ether oxygens (including phenoxy) is 2. The van der Waals surface area contributed by atoms with Crippen LogP contribution in [-0.4, -0.2) is 30.9 Å². The lowest BCUT2D eigenvalue weighted by atomic mass is 9.71. The van der Waals surface area contributed by atoms with Crippen LogP contribution < -0.4 is 10.1 Å². The minimum Gasteiger partial charge on any atom is -0.497 e. The highest BCUT2D eigenvalue weighted by Gasteiger charge is 2.41. The number of nitrogens with zero attached hydrogens (tertiary/aromatic N) is 1. The number of dihydropyridines is 1. The zero-order chi connectivity index (χ0) is 23.7. The van der Waals surface area contributed by atoms with Gasteiger partial charge in [0.1, 0.15) is 5.75 Å². The second-order valence-electron chi connectivity index (χ2n) is 8.13. The summed E-state index contributed by atoms with van der Waals surface area (Å²) in [5.41, 5.74) is 3.47. The van der Waals surface area contributed by atoms with E-state index in [1.807, 2.05) is 24.3 Å². The molecule has 0 aromatic heterocycles. The number of rotatable bonds is 5. The summed E-state index contributed by atoms with van der Waals surface area (Å²) in [5.74, 6) is -0.710. The van der Waals surface area contributed by atoms with E-state index < -0.39 is 16.8 Å². The molecule has 0 radical (unpaired) electrons. The van der Waals surface area contributed by atoms with Crippen molar-refractivity contribution in [2.75, 3.05) is 14.2 Å². The molecule has 170 valence electrons. The summed E-state index contributed by atoms with van der Waals surface area (Å²) in [6.45, 7) is 1.75.